The number of hydrogen-bond donors (Lipinski definition) is 0. The lowest BCUT2D eigenvalue weighted by Gasteiger charge is -2.25. The fraction of sp³-hybridized carbons (Fsp3) is 0.273. The minimum atomic E-state index is -0.0585. The van der Waals surface area contributed by atoms with Crippen LogP contribution in [0.1, 0.15) is 36.0 Å². The molecule has 28 heavy (non-hydrogen) atoms. The van der Waals surface area contributed by atoms with Crippen molar-refractivity contribution in [2.24, 2.45) is 4.99 Å². The monoisotopic (exact) mass is 409 g/mol. The zero-order chi connectivity index (χ0) is 19.3. The molecule has 1 saturated heterocycles. The number of thioether (sulfide) groups is 1. The molecule has 0 amide bonds. The van der Waals surface area contributed by atoms with Crippen molar-refractivity contribution in [3.8, 4) is 11.3 Å². The normalized spacial score (nSPS) is 23.8. The van der Waals surface area contributed by atoms with Gasteiger partial charge in [0, 0.05) is 28.6 Å². The third kappa shape index (κ3) is 3.03. The number of aliphatic imine (C=N–C) groups is 1. The van der Waals surface area contributed by atoms with Gasteiger partial charge in [-0.25, -0.2) is 4.99 Å². The Hall–Kier alpha value is -2.24. The second kappa shape index (κ2) is 6.98. The molecule has 0 N–H and O–H groups in total. The predicted molar refractivity (Wildman–Crippen MR) is 115 cm³/mol. The van der Waals surface area contributed by atoms with E-state index in [1.54, 1.807) is 0 Å². The summed E-state index contributed by atoms with van der Waals surface area (Å²) in [5, 5.41) is 2.36. The standard InChI is InChI=1S/C22H20ClN3OS/c1-13-6-7-15(11-16(13)23)18-8-9-19(27-18)21-20(17-5-3-4-10-24-17)25-22-26(21)12-14(2)28-22/h3-11,14,20-21H,12H2,1-2H3/t14-,20+,21+/m0/s1. The largest absolute Gasteiger partial charge is 0.459 e. The van der Waals surface area contributed by atoms with Crippen molar-refractivity contribution in [2.75, 3.05) is 6.54 Å². The van der Waals surface area contributed by atoms with Gasteiger partial charge in [-0.15, -0.1) is 0 Å². The maximum atomic E-state index is 6.33. The number of pyridine rings is 1. The molecule has 3 atom stereocenters. The number of aromatic nitrogens is 1. The Kier molecular flexibility index (Phi) is 4.44. The molecule has 4 nitrogen and oxygen atoms in total. The first-order valence-corrected chi connectivity index (χ1v) is 10.6. The van der Waals surface area contributed by atoms with Crippen molar-refractivity contribution < 1.29 is 4.42 Å². The fourth-order valence-corrected chi connectivity index (χ4v) is 5.11. The van der Waals surface area contributed by atoms with E-state index in [1.807, 2.05) is 67.3 Å². The Labute approximate surface area is 173 Å². The summed E-state index contributed by atoms with van der Waals surface area (Å²) in [6, 6.07) is 16.1. The van der Waals surface area contributed by atoms with Crippen LogP contribution in [0.3, 0.4) is 0 Å². The van der Waals surface area contributed by atoms with E-state index in [2.05, 4.69) is 22.9 Å². The average molecular weight is 410 g/mol. The number of benzene rings is 1. The molecule has 1 fully saturated rings. The van der Waals surface area contributed by atoms with Crippen molar-refractivity contribution in [3.05, 3.63) is 76.8 Å². The fourth-order valence-electron chi connectivity index (χ4n) is 3.84. The topological polar surface area (TPSA) is 41.6 Å². The summed E-state index contributed by atoms with van der Waals surface area (Å²) < 4.78 is 6.33. The van der Waals surface area contributed by atoms with Gasteiger partial charge in [0.15, 0.2) is 5.17 Å². The van der Waals surface area contributed by atoms with E-state index < -0.39 is 0 Å². The zero-order valence-electron chi connectivity index (χ0n) is 15.7. The van der Waals surface area contributed by atoms with Crippen LogP contribution in [0, 0.1) is 6.92 Å². The Morgan fingerprint density at radius 2 is 2.07 bits per heavy atom. The maximum Gasteiger partial charge on any atom is 0.161 e. The number of rotatable bonds is 3. The minimum absolute atomic E-state index is 0.0250. The van der Waals surface area contributed by atoms with Crippen LogP contribution in [0.2, 0.25) is 5.02 Å². The molecule has 2 aromatic heterocycles. The maximum absolute atomic E-state index is 6.33. The van der Waals surface area contributed by atoms with Gasteiger partial charge >= 0.3 is 0 Å². The molecular weight excluding hydrogens is 390 g/mol. The van der Waals surface area contributed by atoms with Gasteiger partial charge in [0.1, 0.15) is 23.6 Å². The predicted octanol–water partition coefficient (Wildman–Crippen LogP) is 5.89. The molecule has 1 aromatic carbocycles. The van der Waals surface area contributed by atoms with Crippen LogP contribution in [0.25, 0.3) is 11.3 Å². The van der Waals surface area contributed by atoms with E-state index in [4.69, 9.17) is 21.0 Å². The van der Waals surface area contributed by atoms with E-state index in [-0.39, 0.29) is 12.1 Å². The molecule has 142 valence electrons. The summed E-state index contributed by atoms with van der Waals surface area (Å²) in [5.74, 6) is 1.74. The van der Waals surface area contributed by atoms with Crippen LogP contribution in [0.4, 0.5) is 0 Å². The van der Waals surface area contributed by atoms with Crippen molar-refractivity contribution in [1.82, 2.24) is 9.88 Å². The van der Waals surface area contributed by atoms with Gasteiger partial charge in [-0.3, -0.25) is 4.98 Å². The molecule has 0 spiro atoms. The molecule has 5 rings (SSSR count). The van der Waals surface area contributed by atoms with Gasteiger partial charge in [-0.2, -0.15) is 0 Å². The third-order valence-electron chi connectivity index (χ3n) is 5.26. The van der Waals surface area contributed by atoms with E-state index in [9.17, 15) is 0 Å². The molecular formula is C22H20ClN3OS. The molecule has 4 heterocycles. The molecule has 2 aliphatic rings. The van der Waals surface area contributed by atoms with Crippen LogP contribution in [-0.2, 0) is 0 Å². The van der Waals surface area contributed by atoms with E-state index >= 15 is 0 Å². The third-order valence-corrected chi connectivity index (χ3v) is 6.77. The first kappa shape index (κ1) is 17.8. The van der Waals surface area contributed by atoms with E-state index in [0.29, 0.717) is 5.25 Å². The molecule has 0 bridgehead atoms. The smallest absolute Gasteiger partial charge is 0.161 e. The molecule has 0 aliphatic carbocycles. The van der Waals surface area contributed by atoms with Gasteiger partial charge < -0.3 is 9.32 Å². The van der Waals surface area contributed by atoms with Crippen molar-refractivity contribution >= 4 is 28.5 Å². The Balaban J connectivity index is 1.53. The Morgan fingerprint density at radius 3 is 2.86 bits per heavy atom. The van der Waals surface area contributed by atoms with Gasteiger partial charge in [-0.1, -0.05) is 48.5 Å². The zero-order valence-corrected chi connectivity index (χ0v) is 17.2. The number of fused-ring (bicyclic) bond motifs is 1. The summed E-state index contributed by atoms with van der Waals surface area (Å²) in [7, 11) is 0. The number of halogens is 1. The average Bonchev–Trinajstić information content (AvgIpc) is 3.38. The molecule has 0 unspecified atom stereocenters. The van der Waals surface area contributed by atoms with E-state index in [0.717, 1.165) is 45.1 Å². The van der Waals surface area contributed by atoms with Gasteiger partial charge in [0.05, 0.1) is 5.69 Å². The minimum Gasteiger partial charge on any atom is -0.459 e. The Bertz CT molecular complexity index is 1050. The van der Waals surface area contributed by atoms with Crippen LogP contribution in [-0.4, -0.2) is 26.8 Å². The quantitative estimate of drug-likeness (QED) is 0.540. The number of aryl methyl sites for hydroxylation is 1. The van der Waals surface area contributed by atoms with Gasteiger partial charge in [0.25, 0.3) is 0 Å². The number of furan rings is 1. The molecule has 2 aliphatic heterocycles. The van der Waals surface area contributed by atoms with E-state index in [1.165, 1.54) is 0 Å². The first-order valence-electron chi connectivity index (χ1n) is 9.38. The van der Waals surface area contributed by atoms with Crippen LogP contribution in [0.5, 0.6) is 0 Å². The number of nitrogens with zero attached hydrogens (tertiary/aromatic N) is 3. The number of hydrogen-bond acceptors (Lipinski definition) is 5. The summed E-state index contributed by atoms with van der Waals surface area (Å²) >= 11 is 8.14. The summed E-state index contributed by atoms with van der Waals surface area (Å²) in [6.45, 7) is 5.20. The second-order valence-electron chi connectivity index (χ2n) is 7.30. The van der Waals surface area contributed by atoms with Crippen LogP contribution >= 0.6 is 23.4 Å². The highest BCUT2D eigenvalue weighted by Gasteiger charge is 2.45. The first-order chi connectivity index (χ1) is 13.6. The summed E-state index contributed by atoms with van der Waals surface area (Å²) in [4.78, 5) is 11.9. The molecule has 3 aromatic rings. The summed E-state index contributed by atoms with van der Waals surface area (Å²) in [5.41, 5.74) is 3.02. The highest BCUT2D eigenvalue weighted by molar-refractivity contribution is 8.14. The van der Waals surface area contributed by atoms with Gasteiger partial charge in [0.2, 0.25) is 0 Å². The van der Waals surface area contributed by atoms with Crippen molar-refractivity contribution in [2.45, 2.75) is 31.2 Å². The van der Waals surface area contributed by atoms with Crippen molar-refractivity contribution in [3.63, 3.8) is 0 Å². The van der Waals surface area contributed by atoms with Crippen LogP contribution in [0.15, 0.2) is 64.1 Å². The highest BCUT2D eigenvalue weighted by Crippen LogP contribution is 2.48. The summed E-state index contributed by atoms with van der Waals surface area (Å²) in [6.07, 6.45) is 1.83. The molecule has 0 saturated carbocycles. The molecule has 0 radical (unpaired) electrons. The lowest BCUT2D eigenvalue weighted by atomic mass is 10.0. The highest BCUT2D eigenvalue weighted by atomic mass is 35.5. The van der Waals surface area contributed by atoms with Crippen LogP contribution < -0.4 is 0 Å². The Morgan fingerprint density at radius 1 is 1.18 bits per heavy atom. The number of amidine groups is 1. The van der Waals surface area contributed by atoms with Crippen molar-refractivity contribution in [1.29, 1.82) is 0 Å². The lowest BCUT2D eigenvalue weighted by molar-refractivity contribution is 0.277. The second-order valence-corrected chi connectivity index (χ2v) is 9.12. The lowest BCUT2D eigenvalue weighted by Crippen LogP contribution is -2.28. The SMILES string of the molecule is Cc1ccc(-c2ccc([C@@H]3[C@@H](c4ccccn4)N=C4S[C@@H](C)CN43)o2)cc1Cl. The van der Waals surface area contributed by atoms with Gasteiger partial charge in [-0.05, 0) is 42.8 Å². The molecule has 6 heteroatoms.